The number of rotatable bonds is 13. The SMILES string of the molecule is CCCCCCCCCSCCCC(F)(F)CC. The third-order valence-corrected chi connectivity index (χ3v) is 4.40. The van der Waals surface area contributed by atoms with Gasteiger partial charge in [-0.1, -0.05) is 52.4 Å². The first-order valence-corrected chi connectivity index (χ1v) is 8.73. The van der Waals surface area contributed by atoms with Crippen molar-refractivity contribution in [3.05, 3.63) is 0 Å². The van der Waals surface area contributed by atoms with E-state index in [1.54, 1.807) is 6.92 Å². The molecule has 0 atom stereocenters. The second-order valence-electron chi connectivity index (χ2n) is 5.05. The lowest BCUT2D eigenvalue weighted by Gasteiger charge is -2.12. The summed E-state index contributed by atoms with van der Waals surface area (Å²) in [7, 11) is 0. The fourth-order valence-corrected chi connectivity index (χ4v) is 2.83. The van der Waals surface area contributed by atoms with Gasteiger partial charge in [-0.15, -0.1) is 0 Å². The lowest BCUT2D eigenvalue weighted by Crippen LogP contribution is -2.14. The number of hydrogen-bond donors (Lipinski definition) is 0. The first-order valence-electron chi connectivity index (χ1n) is 7.58. The molecule has 0 aliphatic rings. The lowest BCUT2D eigenvalue weighted by atomic mass is 10.1. The highest BCUT2D eigenvalue weighted by atomic mass is 32.2. The average Bonchev–Trinajstić information content (AvgIpc) is 2.36. The van der Waals surface area contributed by atoms with Crippen LogP contribution < -0.4 is 0 Å². The highest BCUT2D eigenvalue weighted by Gasteiger charge is 2.24. The molecule has 0 aromatic carbocycles. The molecular weight excluding hydrogens is 250 g/mol. The highest BCUT2D eigenvalue weighted by Crippen LogP contribution is 2.25. The summed E-state index contributed by atoms with van der Waals surface area (Å²) in [4.78, 5) is 0. The van der Waals surface area contributed by atoms with Gasteiger partial charge in [-0.2, -0.15) is 11.8 Å². The maximum atomic E-state index is 12.9. The molecule has 0 bridgehead atoms. The zero-order valence-corrected chi connectivity index (χ0v) is 13.0. The Morgan fingerprint density at radius 1 is 0.778 bits per heavy atom. The Hall–Kier alpha value is 0.210. The normalized spacial score (nSPS) is 12.0. The van der Waals surface area contributed by atoms with E-state index in [9.17, 15) is 8.78 Å². The molecule has 0 heterocycles. The van der Waals surface area contributed by atoms with Gasteiger partial charge in [-0.05, 0) is 24.3 Å². The minimum absolute atomic E-state index is 0.0184. The quantitative estimate of drug-likeness (QED) is 0.357. The van der Waals surface area contributed by atoms with Crippen molar-refractivity contribution in [1.82, 2.24) is 0 Å². The van der Waals surface area contributed by atoms with Crippen LogP contribution in [-0.2, 0) is 0 Å². The largest absolute Gasteiger partial charge is 0.247 e. The molecule has 0 radical (unpaired) electrons. The van der Waals surface area contributed by atoms with E-state index in [-0.39, 0.29) is 12.8 Å². The fraction of sp³-hybridized carbons (Fsp3) is 1.00. The Morgan fingerprint density at radius 2 is 1.33 bits per heavy atom. The predicted molar refractivity (Wildman–Crippen MR) is 79.8 cm³/mol. The highest BCUT2D eigenvalue weighted by molar-refractivity contribution is 7.99. The maximum absolute atomic E-state index is 12.9. The fourth-order valence-electron chi connectivity index (χ4n) is 1.87. The second kappa shape index (κ2) is 12.3. The van der Waals surface area contributed by atoms with Crippen LogP contribution >= 0.6 is 11.8 Å². The summed E-state index contributed by atoms with van der Waals surface area (Å²) >= 11 is 1.84. The summed E-state index contributed by atoms with van der Waals surface area (Å²) in [5.41, 5.74) is 0. The van der Waals surface area contributed by atoms with E-state index in [2.05, 4.69) is 6.92 Å². The van der Waals surface area contributed by atoms with Gasteiger partial charge >= 0.3 is 0 Å². The first kappa shape index (κ1) is 18.2. The van der Waals surface area contributed by atoms with E-state index in [0.29, 0.717) is 6.42 Å². The van der Waals surface area contributed by atoms with Crippen molar-refractivity contribution < 1.29 is 8.78 Å². The predicted octanol–water partition coefficient (Wildman–Crippen LogP) is 6.30. The van der Waals surface area contributed by atoms with Crippen molar-refractivity contribution in [3.63, 3.8) is 0 Å². The Bertz CT molecular complexity index is 172. The van der Waals surface area contributed by atoms with Gasteiger partial charge < -0.3 is 0 Å². The molecule has 0 rings (SSSR count). The third-order valence-electron chi connectivity index (χ3n) is 3.24. The Kier molecular flexibility index (Phi) is 12.4. The molecule has 0 amide bonds. The topological polar surface area (TPSA) is 0 Å². The summed E-state index contributed by atoms with van der Waals surface area (Å²) in [6.45, 7) is 3.80. The van der Waals surface area contributed by atoms with Gasteiger partial charge in [0.15, 0.2) is 0 Å². The molecular formula is C15H30F2S. The molecule has 3 heteroatoms. The van der Waals surface area contributed by atoms with Crippen molar-refractivity contribution in [2.75, 3.05) is 11.5 Å². The summed E-state index contributed by atoms with van der Waals surface area (Å²) in [5.74, 6) is -0.392. The molecule has 0 aromatic heterocycles. The molecule has 0 fully saturated rings. The number of alkyl halides is 2. The summed E-state index contributed by atoms with van der Waals surface area (Å²) in [6, 6.07) is 0. The Balaban J connectivity index is 3.08. The standard InChI is InChI=1S/C15H30F2S/c1-3-5-6-7-8-9-10-13-18-14-11-12-15(16,17)4-2/h3-14H2,1-2H3. The molecule has 0 aliphatic heterocycles. The van der Waals surface area contributed by atoms with Gasteiger partial charge in [0.2, 0.25) is 5.92 Å². The van der Waals surface area contributed by atoms with E-state index < -0.39 is 5.92 Å². The third kappa shape index (κ3) is 12.7. The molecule has 18 heavy (non-hydrogen) atoms. The summed E-state index contributed by atoms with van der Waals surface area (Å²) in [6.07, 6.45) is 10.00. The van der Waals surface area contributed by atoms with Gasteiger partial charge in [0.05, 0.1) is 0 Å². The molecule has 0 aromatic rings. The Labute approximate surface area is 116 Å². The molecule has 0 saturated carbocycles. The number of thioether (sulfide) groups is 1. The van der Waals surface area contributed by atoms with Gasteiger partial charge in [-0.25, -0.2) is 8.78 Å². The van der Waals surface area contributed by atoms with Crippen molar-refractivity contribution in [2.24, 2.45) is 0 Å². The van der Waals surface area contributed by atoms with E-state index in [1.807, 2.05) is 11.8 Å². The smallest absolute Gasteiger partial charge is 0.207 e. The lowest BCUT2D eigenvalue weighted by molar-refractivity contribution is -0.0116. The summed E-state index contributed by atoms with van der Waals surface area (Å²) in [5, 5.41) is 0. The molecule has 0 nitrogen and oxygen atoms in total. The monoisotopic (exact) mass is 280 g/mol. The van der Waals surface area contributed by atoms with Gasteiger partial charge in [0.25, 0.3) is 0 Å². The summed E-state index contributed by atoms with van der Waals surface area (Å²) < 4.78 is 25.8. The van der Waals surface area contributed by atoms with Gasteiger partial charge in [0.1, 0.15) is 0 Å². The van der Waals surface area contributed by atoms with Crippen molar-refractivity contribution in [2.45, 2.75) is 84.0 Å². The molecule has 0 aliphatic carbocycles. The molecule has 110 valence electrons. The van der Waals surface area contributed by atoms with Crippen LogP contribution in [-0.4, -0.2) is 17.4 Å². The van der Waals surface area contributed by atoms with Crippen LogP contribution in [0.25, 0.3) is 0 Å². The average molecular weight is 280 g/mol. The zero-order chi connectivity index (χ0) is 13.7. The maximum Gasteiger partial charge on any atom is 0.247 e. The van der Waals surface area contributed by atoms with E-state index >= 15 is 0 Å². The molecule has 0 unspecified atom stereocenters. The van der Waals surface area contributed by atoms with Crippen LogP contribution in [0.15, 0.2) is 0 Å². The van der Waals surface area contributed by atoms with Crippen LogP contribution in [0.2, 0.25) is 0 Å². The van der Waals surface area contributed by atoms with Crippen LogP contribution in [0, 0.1) is 0 Å². The minimum atomic E-state index is -2.43. The minimum Gasteiger partial charge on any atom is -0.207 e. The van der Waals surface area contributed by atoms with Crippen LogP contribution in [0.3, 0.4) is 0 Å². The van der Waals surface area contributed by atoms with Crippen LogP contribution in [0.5, 0.6) is 0 Å². The van der Waals surface area contributed by atoms with Crippen molar-refractivity contribution >= 4 is 11.8 Å². The van der Waals surface area contributed by atoms with E-state index in [4.69, 9.17) is 0 Å². The first-order chi connectivity index (χ1) is 8.62. The molecule has 0 saturated heterocycles. The zero-order valence-electron chi connectivity index (χ0n) is 12.1. The second-order valence-corrected chi connectivity index (χ2v) is 6.27. The van der Waals surface area contributed by atoms with Crippen LogP contribution in [0.4, 0.5) is 8.78 Å². The Morgan fingerprint density at radius 3 is 1.94 bits per heavy atom. The van der Waals surface area contributed by atoms with Gasteiger partial charge in [0, 0.05) is 12.8 Å². The molecule has 0 N–H and O–H groups in total. The van der Waals surface area contributed by atoms with Crippen molar-refractivity contribution in [1.29, 1.82) is 0 Å². The number of unbranched alkanes of at least 4 members (excludes halogenated alkanes) is 6. The van der Waals surface area contributed by atoms with E-state index in [0.717, 1.165) is 11.5 Å². The van der Waals surface area contributed by atoms with Gasteiger partial charge in [-0.3, -0.25) is 0 Å². The van der Waals surface area contributed by atoms with E-state index in [1.165, 1.54) is 44.9 Å². The van der Waals surface area contributed by atoms with Crippen LogP contribution in [0.1, 0.15) is 78.1 Å². The number of halogens is 2. The molecule has 0 spiro atoms. The number of hydrogen-bond acceptors (Lipinski definition) is 1. The van der Waals surface area contributed by atoms with Crippen molar-refractivity contribution in [3.8, 4) is 0 Å².